The van der Waals surface area contributed by atoms with Crippen LogP contribution < -0.4 is 5.32 Å². The van der Waals surface area contributed by atoms with Crippen molar-refractivity contribution in [2.45, 2.75) is 51.6 Å². The Morgan fingerprint density at radius 1 is 1.40 bits per heavy atom. The van der Waals surface area contributed by atoms with Crippen LogP contribution in [-0.2, 0) is 13.0 Å². The molecule has 0 saturated carbocycles. The van der Waals surface area contributed by atoms with E-state index in [1.807, 2.05) is 18.3 Å². The van der Waals surface area contributed by atoms with Gasteiger partial charge in [-0.05, 0) is 39.3 Å². The Morgan fingerprint density at radius 3 is 2.47 bits per heavy atom. The number of alkyl halides is 1. The fourth-order valence-corrected chi connectivity index (χ4v) is 2.14. The summed E-state index contributed by atoms with van der Waals surface area (Å²) >= 11 is 7.99. The fraction of sp³-hybridized carbons (Fsp3) is 0.667. The topological polar surface area (TPSA) is 12.0 Å². The highest BCUT2D eigenvalue weighted by molar-refractivity contribution is 7.11. The highest BCUT2D eigenvalue weighted by Crippen LogP contribution is 2.19. The van der Waals surface area contributed by atoms with Crippen molar-refractivity contribution < 1.29 is 0 Å². The summed E-state index contributed by atoms with van der Waals surface area (Å²) in [5, 5.41) is 3.62. The second kappa shape index (κ2) is 5.33. The predicted octanol–water partition coefficient (Wildman–Crippen LogP) is 3.81. The smallest absolute Gasteiger partial charge is 0.0484 e. The minimum Gasteiger partial charge on any atom is -0.305 e. The number of nitrogens with one attached hydrogen (secondary N) is 1. The summed E-state index contributed by atoms with van der Waals surface area (Å²) in [6.07, 6.45) is 1.12. The molecule has 1 atom stereocenters. The van der Waals surface area contributed by atoms with Crippen LogP contribution in [0.25, 0.3) is 0 Å². The van der Waals surface area contributed by atoms with Gasteiger partial charge in [-0.15, -0.1) is 22.9 Å². The van der Waals surface area contributed by atoms with Gasteiger partial charge in [0.25, 0.3) is 0 Å². The van der Waals surface area contributed by atoms with Crippen molar-refractivity contribution in [3.05, 3.63) is 21.9 Å². The zero-order chi connectivity index (χ0) is 11.5. The van der Waals surface area contributed by atoms with Crippen LogP contribution in [0.4, 0.5) is 0 Å². The average Bonchev–Trinajstić information content (AvgIpc) is 2.62. The van der Waals surface area contributed by atoms with E-state index in [1.165, 1.54) is 9.75 Å². The minimum atomic E-state index is -0.0159. The molecule has 0 radical (unpaired) electrons. The van der Waals surface area contributed by atoms with Crippen molar-refractivity contribution in [3.8, 4) is 0 Å². The lowest BCUT2D eigenvalue weighted by Gasteiger charge is -2.28. The van der Waals surface area contributed by atoms with Crippen LogP contribution in [0.5, 0.6) is 0 Å². The molecule has 0 amide bonds. The first kappa shape index (κ1) is 13.0. The molecule has 0 fully saturated rings. The summed E-state index contributed by atoms with van der Waals surface area (Å²) < 4.78 is 0. The van der Waals surface area contributed by atoms with Crippen LogP contribution in [0.2, 0.25) is 0 Å². The lowest BCUT2D eigenvalue weighted by molar-refractivity contribution is 0.382. The standard InChI is InChI=1S/C12H20ClNS/c1-5-10-6-7-11(15-10)8-14-12(3,4)9(2)13/h6-7,9,14H,5,8H2,1-4H3. The van der Waals surface area contributed by atoms with E-state index in [9.17, 15) is 0 Å². The van der Waals surface area contributed by atoms with Crippen LogP contribution in [0.1, 0.15) is 37.4 Å². The van der Waals surface area contributed by atoms with Crippen molar-refractivity contribution >= 4 is 22.9 Å². The number of hydrogen-bond acceptors (Lipinski definition) is 2. The van der Waals surface area contributed by atoms with Gasteiger partial charge in [-0.3, -0.25) is 0 Å². The van der Waals surface area contributed by atoms with Crippen LogP contribution >= 0.6 is 22.9 Å². The summed E-state index contributed by atoms with van der Waals surface area (Å²) in [5.41, 5.74) is -0.0159. The lowest BCUT2D eigenvalue weighted by Crippen LogP contribution is -2.45. The van der Waals surface area contributed by atoms with E-state index in [-0.39, 0.29) is 10.9 Å². The third-order valence-corrected chi connectivity index (χ3v) is 4.55. The van der Waals surface area contributed by atoms with Crippen LogP contribution in [0.3, 0.4) is 0 Å². The van der Waals surface area contributed by atoms with E-state index in [0.717, 1.165) is 13.0 Å². The van der Waals surface area contributed by atoms with E-state index in [0.29, 0.717) is 0 Å². The van der Waals surface area contributed by atoms with Crippen molar-refractivity contribution in [3.63, 3.8) is 0 Å². The first-order valence-electron chi connectivity index (χ1n) is 5.42. The van der Waals surface area contributed by atoms with Crippen LogP contribution in [0.15, 0.2) is 12.1 Å². The molecular weight excluding hydrogens is 226 g/mol. The van der Waals surface area contributed by atoms with Crippen molar-refractivity contribution in [2.24, 2.45) is 0 Å². The Kier molecular flexibility index (Phi) is 4.63. The van der Waals surface area contributed by atoms with E-state index in [4.69, 9.17) is 11.6 Å². The van der Waals surface area contributed by atoms with E-state index in [1.54, 1.807) is 0 Å². The molecule has 0 aliphatic heterocycles. The Labute approximate surface area is 102 Å². The molecule has 0 aromatic carbocycles. The Bertz CT molecular complexity index is 304. The monoisotopic (exact) mass is 245 g/mol. The molecule has 1 unspecified atom stereocenters. The predicted molar refractivity (Wildman–Crippen MR) is 69.9 cm³/mol. The Hall–Kier alpha value is -0.0500. The van der Waals surface area contributed by atoms with Crippen molar-refractivity contribution in [1.82, 2.24) is 5.32 Å². The number of hydrogen-bond donors (Lipinski definition) is 1. The number of halogens is 1. The first-order valence-corrected chi connectivity index (χ1v) is 6.67. The van der Waals surface area contributed by atoms with Gasteiger partial charge < -0.3 is 5.32 Å². The third-order valence-electron chi connectivity index (χ3n) is 2.78. The van der Waals surface area contributed by atoms with Crippen LogP contribution in [-0.4, -0.2) is 10.9 Å². The third kappa shape index (κ3) is 3.78. The van der Waals surface area contributed by atoms with Crippen molar-refractivity contribution in [1.29, 1.82) is 0 Å². The van der Waals surface area contributed by atoms with Gasteiger partial charge in [-0.25, -0.2) is 0 Å². The molecular formula is C12H20ClNS. The Balaban J connectivity index is 2.50. The van der Waals surface area contributed by atoms with E-state index >= 15 is 0 Å². The number of aryl methyl sites for hydroxylation is 1. The van der Waals surface area contributed by atoms with Gasteiger partial charge in [-0.2, -0.15) is 0 Å². The highest BCUT2D eigenvalue weighted by Gasteiger charge is 2.23. The molecule has 0 bridgehead atoms. The molecule has 1 aromatic heterocycles. The molecule has 1 heterocycles. The van der Waals surface area contributed by atoms with E-state index in [2.05, 4.69) is 38.2 Å². The zero-order valence-corrected chi connectivity index (χ0v) is 11.5. The molecule has 86 valence electrons. The molecule has 0 saturated heterocycles. The maximum absolute atomic E-state index is 6.11. The second-order valence-corrected chi connectivity index (χ2v) is 6.32. The first-order chi connectivity index (χ1) is 6.95. The quantitative estimate of drug-likeness (QED) is 0.778. The van der Waals surface area contributed by atoms with Crippen molar-refractivity contribution in [2.75, 3.05) is 0 Å². The molecule has 0 aliphatic carbocycles. The van der Waals surface area contributed by atoms with Gasteiger partial charge in [-0.1, -0.05) is 6.92 Å². The lowest BCUT2D eigenvalue weighted by atomic mass is 10.0. The average molecular weight is 246 g/mol. The zero-order valence-electron chi connectivity index (χ0n) is 9.93. The molecule has 0 spiro atoms. The minimum absolute atomic E-state index is 0.0159. The van der Waals surface area contributed by atoms with Gasteiger partial charge >= 0.3 is 0 Å². The Morgan fingerprint density at radius 2 is 2.00 bits per heavy atom. The van der Waals surface area contributed by atoms with Gasteiger partial charge in [0.2, 0.25) is 0 Å². The summed E-state index contributed by atoms with van der Waals surface area (Å²) in [6, 6.07) is 4.41. The summed E-state index contributed by atoms with van der Waals surface area (Å²) in [7, 11) is 0. The maximum atomic E-state index is 6.11. The molecule has 1 aromatic rings. The van der Waals surface area contributed by atoms with E-state index < -0.39 is 0 Å². The number of thiophene rings is 1. The van der Waals surface area contributed by atoms with Gasteiger partial charge in [0.1, 0.15) is 0 Å². The normalized spacial score (nSPS) is 14.2. The molecule has 3 heteroatoms. The summed E-state index contributed by atoms with van der Waals surface area (Å²) in [5.74, 6) is 0. The maximum Gasteiger partial charge on any atom is 0.0484 e. The molecule has 0 aliphatic rings. The molecule has 15 heavy (non-hydrogen) atoms. The fourth-order valence-electron chi connectivity index (χ4n) is 1.16. The number of rotatable bonds is 5. The molecule has 1 nitrogen and oxygen atoms in total. The molecule has 1 rings (SSSR count). The molecule has 1 N–H and O–H groups in total. The second-order valence-electron chi connectivity index (χ2n) is 4.41. The largest absolute Gasteiger partial charge is 0.305 e. The van der Waals surface area contributed by atoms with Crippen LogP contribution in [0, 0.1) is 0 Å². The summed E-state index contributed by atoms with van der Waals surface area (Å²) in [6.45, 7) is 9.40. The highest BCUT2D eigenvalue weighted by atomic mass is 35.5. The van der Waals surface area contributed by atoms with Gasteiger partial charge in [0, 0.05) is 27.2 Å². The SMILES string of the molecule is CCc1ccc(CNC(C)(C)C(C)Cl)s1. The van der Waals surface area contributed by atoms with Gasteiger partial charge in [0.15, 0.2) is 0 Å². The van der Waals surface area contributed by atoms with Gasteiger partial charge in [0.05, 0.1) is 0 Å². The summed E-state index contributed by atoms with van der Waals surface area (Å²) in [4.78, 5) is 2.83.